The maximum atomic E-state index is 14.2. The summed E-state index contributed by atoms with van der Waals surface area (Å²) >= 11 is 12.2. The van der Waals surface area contributed by atoms with Crippen molar-refractivity contribution in [2.24, 2.45) is 11.8 Å². The van der Waals surface area contributed by atoms with Crippen LogP contribution in [0.3, 0.4) is 0 Å². The molecule has 5 unspecified atom stereocenters. The Labute approximate surface area is 244 Å². The average molecular weight is 592 g/mol. The zero-order chi connectivity index (χ0) is 28.1. The van der Waals surface area contributed by atoms with Crippen molar-refractivity contribution in [3.63, 3.8) is 0 Å². The predicted octanol–water partition coefficient (Wildman–Crippen LogP) is 3.25. The molecule has 40 heavy (non-hydrogen) atoms. The molecule has 5 aliphatic rings. The molecule has 1 saturated carbocycles. The van der Waals surface area contributed by atoms with Gasteiger partial charge in [-0.1, -0.05) is 54.6 Å². The van der Waals surface area contributed by atoms with E-state index in [9.17, 15) is 14.4 Å². The summed E-state index contributed by atoms with van der Waals surface area (Å²) in [6.07, 6.45) is 8.90. The highest BCUT2D eigenvalue weighted by molar-refractivity contribution is 6.42. The van der Waals surface area contributed by atoms with Gasteiger partial charge >= 0.3 is 0 Å². The molecule has 3 saturated heterocycles. The lowest BCUT2D eigenvalue weighted by Gasteiger charge is -2.36. The van der Waals surface area contributed by atoms with E-state index in [0.717, 1.165) is 38.8 Å². The first-order valence-corrected chi connectivity index (χ1v) is 15.0. The van der Waals surface area contributed by atoms with Crippen molar-refractivity contribution in [3.8, 4) is 0 Å². The average Bonchev–Trinajstić information content (AvgIpc) is 3.51. The molecule has 4 heterocycles. The monoisotopic (exact) mass is 590 g/mol. The summed E-state index contributed by atoms with van der Waals surface area (Å²) in [6, 6.07) is 4.09. The summed E-state index contributed by atoms with van der Waals surface area (Å²) < 4.78 is 12.1. The highest BCUT2D eigenvalue weighted by atomic mass is 35.5. The van der Waals surface area contributed by atoms with Crippen molar-refractivity contribution in [2.75, 3.05) is 44.7 Å². The van der Waals surface area contributed by atoms with Gasteiger partial charge in [-0.2, -0.15) is 0 Å². The molecule has 9 nitrogen and oxygen atoms in total. The topological polar surface area (TPSA) is 100 Å². The van der Waals surface area contributed by atoms with Crippen LogP contribution in [-0.2, 0) is 23.9 Å². The highest BCUT2D eigenvalue weighted by Gasteiger charge is 2.76. The number of hydrogen-bond acceptors (Lipinski definition) is 6. The molecule has 1 aromatic carbocycles. The van der Waals surface area contributed by atoms with Crippen molar-refractivity contribution < 1.29 is 23.9 Å². The molecule has 4 aliphatic heterocycles. The summed E-state index contributed by atoms with van der Waals surface area (Å²) in [5.41, 5.74) is -1.76. The Balaban J connectivity index is 1.29. The summed E-state index contributed by atoms with van der Waals surface area (Å²) in [4.78, 5) is 45.9. The van der Waals surface area contributed by atoms with E-state index in [1.165, 1.54) is 6.42 Å². The minimum absolute atomic E-state index is 0.0832. The van der Waals surface area contributed by atoms with Gasteiger partial charge in [-0.05, 0) is 38.0 Å². The molecule has 5 atom stereocenters. The minimum Gasteiger partial charge on any atom is -0.379 e. The normalized spacial score (nSPS) is 33.8. The van der Waals surface area contributed by atoms with Crippen LogP contribution in [0.1, 0.15) is 39.0 Å². The first kappa shape index (κ1) is 28.0. The molecule has 11 heteroatoms. The van der Waals surface area contributed by atoms with Crippen molar-refractivity contribution >= 4 is 46.6 Å². The fraction of sp³-hybridized carbons (Fsp3) is 0.621. The fourth-order valence-electron chi connectivity index (χ4n) is 7.26. The van der Waals surface area contributed by atoms with E-state index in [2.05, 4.69) is 15.5 Å². The van der Waals surface area contributed by atoms with Crippen molar-refractivity contribution in [1.82, 2.24) is 15.1 Å². The molecular formula is C29H36Cl2N4O5. The molecule has 1 aliphatic carbocycles. The third-order valence-electron chi connectivity index (χ3n) is 9.23. The van der Waals surface area contributed by atoms with Crippen LogP contribution in [0, 0.1) is 11.8 Å². The van der Waals surface area contributed by atoms with Crippen LogP contribution >= 0.6 is 23.2 Å². The van der Waals surface area contributed by atoms with Gasteiger partial charge in [-0.25, -0.2) is 0 Å². The molecule has 0 aromatic heterocycles. The Kier molecular flexibility index (Phi) is 7.63. The number of fused-ring (bicyclic) bond motifs is 1. The largest absolute Gasteiger partial charge is 0.379 e. The Morgan fingerprint density at radius 1 is 1.02 bits per heavy atom. The predicted molar refractivity (Wildman–Crippen MR) is 151 cm³/mol. The molecule has 3 amide bonds. The highest BCUT2D eigenvalue weighted by Crippen LogP contribution is 2.59. The van der Waals surface area contributed by atoms with E-state index < -0.39 is 29.1 Å². The summed E-state index contributed by atoms with van der Waals surface area (Å²) in [5, 5.41) is 6.85. The quantitative estimate of drug-likeness (QED) is 0.473. The van der Waals surface area contributed by atoms with Crippen LogP contribution in [0.4, 0.5) is 5.69 Å². The van der Waals surface area contributed by atoms with E-state index in [1.54, 1.807) is 23.1 Å². The van der Waals surface area contributed by atoms with Gasteiger partial charge in [0.05, 0.1) is 40.7 Å². The first-order chi connectivity index (χ1) is 19.2. The Morgan fingerprint density at radius 2 is 1.77 bits per heavy atom. The lowest BCUT2D eigenvalue weighted by Crippen LogP contribution is -2.57. The van der Waals surface area contributed by atoms with Gasteiger partial charge in [0, 0.05) is 37.9 Å². The Hall–Kier alpha value is -2.17. The molecule has 2 N–H and O–H groups in total. The van der Waals surface area contributed by atoms with Crippen molar-refractivity contribution in [3.05, 3.63) is 40.4 Å². The fourth-order valence-corrected chi connectivity index (χ4v) is 7.56. The molecule has 4 fully saturated rings. The standard InChI is InChI=1S/C29H36Cl2N4O5/c1-28-9-10-29(40-28)23(22(28)25(36)33-19-7-8-20(30)21(31)17-19)27(38)35(12-11-34-13-15-39-16-14-34)24(29)26(37)32-18-5-3-2-4-6-18/h7-10,17-18,22-24H,2-6,11-16H2,1H3,(H,32,37)(H,33,36). The second kappa shape index (κ2) is 10.9. The number of morpholine rings is 1. The lowest BCUT2D eigenvalue weighted by molar-refractivity contribution is -0.144. The molecule has 0 radical (unpaired) electrons. The van der Waals surface area contributed by atoms with Gasteiger partial charge in [0.1, 0.15) is 11.6 Å². The van der Waals surface area contributed by atoms with Gasteiger partial charge in [0.2, 0.25) is 17.7 Å². The maximum Gasteiger partial charge on any atom is 0.246 e. The number of carbonyl (C=O) groups excluding carboxylic acids is 3. The molecule has 216 valence electrons. The first-order valence-electron chi connectivity index (χ1n) is 14.3. The number of ether oxygens (including phenoxy) is 2. The van der Waals surface area contributed by atoms with E-state index in [4.69, 9.17) is 32.7 Å². The number of benzene rings is 1. The maximum absolute atomic E-state index is 14.2. The second-order valence-corrected chi connectivity index (χ2v) is 12.6. The molecular weight excluding hydrogens is 555 g/mol. The summed E-state index contributed by atoms with van der Waals surface area (Å²) in [7, 11) is 0. The van der Waals surface area contributed by atoms with E-state index >= 15 is 0 Å². The van der Waals surface area contributed by atoms with Gasteiger partial charge < -0.3 is 25.0 Å². The number of anilines is 1. The number of hydrogen-bond donors (Lipinski definition) is 2. The molecule has 2 bridgehead atoms. The summed E-state index contributed by atoms with van der Waals surface area (Å²) in [5.74, 6) is -2.43. The van der Waals surface area contributed by atoms with Crippen LogP contribution in [0.25, 0.3) is 0 Å². The number of carbonyl (C=O) groups is 3. The smallest absolute Gasteiger partial charge is 0.246 e. The summed E-state index contributed by atoms with van der Waals surface area (Å²) in [6.45, 7) is 5.65. The number of likely N-dealkylation sites (tertiary alicyclic amines) is 1. The second-order valence-electron chi connectivity index (χ2n) is 11.8. The van der Waals surface area contributed by atoms with Crippen LogP contribution in [0.5, 0.6) is 0 Å². The number of halogens is 2. The van der Waals surface area contributed by atoms with Crippen molar-refractivity contribution in [1.29, 1.82) is 0 Å². The van der Waals surface area contributed by atoms with E-state index in [-0.39, 0.29) is 23.8 Å². The van der Waals surface area contributed by atoms with Gasteiger partial charge in [0.15, 0.2) is 0 Å². The van der Waals surface area contributed by atoms with Gasteiger partial charge in [-0.15, -0.1) is 0 Å². The van der Waals surface area contributed by atoms with Crippen molar-refractivity contribution in [2.45, 2.75) is 62.3 Å². The zero-order valence-electron chi connectivity index (χ0n) is 22.7. The number of rotatable bonds is 7. The lowest BCUT2D eigenvalue weighted by atomic mass is 9.70. The van der Waals surface area contributed by atoms with E-state index in [0.29, 0.717) is 42.0 Å². The molecule has 1 aromatic rings. The van der Waals surface area contributed by atoms with Crippen LogP contribution < -0.4 is 10.6 Å². The minimum atomic E-state index is -1.21. The Morgan fingerprint density at radius 3 is 2.50 bits per heavy atom. The molecule has 1 spiro atoms. The SMILES string of the molecule is CC12C=CC3(O1)C(C(=O)N(CCN1CCOCC1)C3C(=O)NC1CCCCC1)C2C(=O)Nc1ccc(Cl)c(Cl)c1. The van der Waals surface area contributed by atoms with Gasteiger partial charge in [-0.3, -0.25) is 19.3 Å². The Bertz CT molecular complexity index is 1220. The van der Waals surface area contributed by atoms with Crippen LogP contribution in [0.2, 0.25) is 10.0 Å². The van der Waals surface area contributed by atoms with Crippen LogP contribution in [0.15, 0.2) is 30.4 Å². The third-order valence-corrected chi connectivity index (χ3v) is 9.97. The molecule has 6 rings (SSSR count). The zero-order valence-corrected chi connectivity index (χ0v) is 24.2. The van der Waals surface area contributed by atoms with Gasteiger partial charge in [0.25, 0.3) is 0 Å². The number of amides is 3. The third kappa shape index (κ3) is 4.83. The number of nitrogens with one attached hydrogen (secondary N) is 2. The van der Waals surface area contributed by atoms with E-state index in [1.807, 2.05) is 19.1 Å². The van der Waals surface area contributed by atoms with Crippen LogP contribution in [-0.4, -0.2) is 90.2 Å². The number of nitrogens with zero attached hydrogens (tertiary/aromatic N) is 2.